The summed E-state index contributed by atoms with van der Waals surface area (Å²) in [5, 5.41) is 0. The van der Waals surface area contributed by atoms with Crippen molar-refractivity contribution in [1.29, 1.82) is 0 Å². The summed E-state index contributed by atoms with van der Waals surface area (Å²) in [6, 6.07) is 8.73. The molecule has 0 fully saturated rings. The van der Waals surface area contributed by atoms with Crippen LogP contribution in [-0.4, -0.2) is 33.5 Å². The fourth-order valence-electron chi connectivity index (χ4n) is 2.08. The van der Waals surface area contributed by atoms with Crippen LogP contribution in [0.2, 0.25) is 0 Å². The molecule has 19 heavy (non-hydrogen) atoms. The predicted octanol–water partition coefficient (Wildman–Crippen LogP) is 2.56. The normalized spacial score (nSPS) is 12.6. The molecule has 0 spiro atoms. The fraction of sp³-hybridized carbons (Fsp3) is 0.625. The third-order valence-corrected chi connectivity index (χ3v) is 3.31. The van der Waals surface area contributed by atoms with E-state index in [2.05, 4.69) is 31.2 Å². The predicted molar refractivity (Wildman–Crippen MR) is 79.4 cm³/mol. The van der Waals surface area contributed by atoms with Gasteiger partial charge in [0.1, 0.15) is 0 Å². The molecule has 0 saturated carbocycles. The monoisotopic (exact) mass is 265 g/mol. The molecule has 3 heteroatoms. The molecular weight excluding hydrogens is 238 g/mol. The topological polar surface area (TPSA) is 44.5 Å². The van der Waals surface area contributed by atoms with Crippen LogP contribution < -0.4 is 5.73 Å². The number of rotatable bonds is 10. The Morgan fingerprint density at radius 1 is 1.11 bits per heavy atom. The maximum Gasteiger partial charge on any atom is 0.0700 e. The van der Waals surface area contributed by atoms with Gasteiger partial charge in [-0.15, -0.1) is 0 Å². The zero-order chi connectivity index (χ0) is 13.9. The van der Waals surface area contributed by atoms with Crippen LogP contribution in [-0.2, 0) is 15.9 Å². The Morgan fingerprint density at radius 2 is 1.84 bits per heavy atom. The molecule has 0 amide bonds. The molecule has 108 valence electrons. The minimum atomic E-state index is 0.550. The van der Waals surface area contributed by atoms with Crippen molar-refractivity contribution in [1.82, 2.24) is 0 Å². The van der Waals surface area contributed by atoms with Crippen molar-refractivity contribution in [3.63, 3.8) is 0 Å². The largest absolute Gasteiger partial charge is 0.382 e. The second-order valence-corrected chi connectivity index (χ2v) is 5.04. The molecule has 0 aliphatic heterocycles. The van der Waals surface area contributed by atoms with Crippen LogP contribution in [0.25, 0.3) is 0 Å². The maximum atomic E-state index is 5.85. The van der Waals surface area contributed by atoms with Crippen LogP contribution in [0.3, 0.4) is 0 Å². The SMILES string of the molecule is COCCOCCCC(CN)Cc1ccc(C)cc1. The summed E-state index contributed by atoms with van der Waals surface area (Å²) in [6.45, 7) is 5.01. The summed E-state index contributed by atoms with van der Waals surface area (Å²) in [7, 11) is 1.69. The Morgan fingerprint density at radius 3 is 2.47 bits per heavy atom. The van der Waals surface area contributed by atoms with Gasteiger partial charge in [0.25, 0.3) is 0 Å². The van der Waals surface area contributed by atoms with E-state index in [1.807, 2.05) is 0 Å². The van der Waals surface area contributed by atoms with E-state index < -0.39 is 0 Å². The van der Waals surface area contributed by atoms with Crippen molar-refractivity contribution in [3.05, 3.63) is 35.4 Å². The summed E-state index contributed by atoms with van der Waals surface area (Å²) < 4.78 is 10.4. The molecule has 0 saturated heterocycles. The number of benzene rings is 1. The van der Waals surface area contributed by atoms with Gasteiger partial charge in [-0.1, -0.05) is 29.8 Å². The van der Waals surface area contributed by atoms with Crippen LogP contribution in [0.4, 0.5) is 0 Å². The average Bonchev–Trinajstić information content (AvgIpc) is 2.43. The number of hydrogen-bond acceptors (Lipinski definition) is 3. The molecule has 0 radical (unpaired) electrons. The Labute approximate surface area is 117 Å². The molecule has 0 aliphatic rings. The van der Waals surface area contributed by atoms with Gasteiger partial charge in [0.05, 0.1) is 13.2 Å². The molecule has 0 aromatic heterocycles. The summed E-state index contributed by atoms with van der Waals surface area (Å²) in [6.07, 6.45) is 3.25. The van der Waals surface area contributed by atoms with Gasteiger partial charge < -0.3 is 15.2 Å². The number of methoxy groups -OCH3 is 1. The average molecular weight is 265 g/mol. The van der Waals surface area contributed by atoms with E-state index in [0.29, 0.717) is 19.1 Å². The number of nitrogens with two attached hydrogens (primary N) is 1. The highest BCUT2D eigenvalue weighted by atomic mass is 16.5. The molecule has 0 aliphatic carbocycles. The van der Waals surface area contributed by atoms with Crippen molar-refractivity contribution in [2.45, 2.75) is 26.2 Å². The third-order valence-electron chi connectivity index (χ3n) is 3.31. The van der Waals surface area contributed by atoms with Gasteiger partial charge in [-0.2, -0.15) is 0 Å². The first-order valence-electron chi connectivity index (χ1n) is 7.08. The highest BCUT2D eigenvalue weighted by molar-refractivity contribution is 5.21. The zero-order valence-corrected chi connectivity index (χ0v) is 12.2. The standard InChI is InChI=1S/C16H27NO2/c1-14-5-7-15(8-6-14)12-16(13-17)4-3-9-19-11-10-18-2/h5-8,16H,3-4,9-13,17H2,1-2H3. The summed E-state index contributed by atoms with van der Waals surface area (Å²) >= 11 is 0. The summed E-state index contributed by atoms with van der Waals surface area (Å²) in [5.74, 6) is 0.550. The lowest BCUT2D eigenvalue weighted by molar-refractivity contribution is 0.0673. The van der Waals surface area contributed by atoms with Gasteiger partial charge in [-0.05, 0) is 44.2 Å². The van der Waals surface area contributed by atoms with E-state index in [-0.39, 0.29) is 0 Å². The number of hydrogen-bond donors (Lipinski definition) is 1. The van der Waals surface area contributed by atoms with Crippen molar-refractivity contribution < 1.29 is 9.47 Å². The fourth-order valence-corrected chi connectivity index (χ4v) is 2.08. The van der Waals surface area contributed by atoms with Gasteiger partial charge in [-0.3, -0.25) is 0 Å². The zero-order valence-electron chi connectivity index (χ0n) is 12.2. The van der Waals surface area contributed by atoms with Gasteiger partial charge in [0.2, 0.25) is 0 Å². The van der Waals surface area contributed by atoms with E-state index in [1.54, 1.807) is 7.11 Å². The maximum absolute atomic E-state index is 5.85. The van der Waals surface area contributed by atoms with Crippen LogP contribution in [0, 0.1) is 12.8 Å². The number of ether oxygens (including phenoxy) is 2. The third kappa shape index (κ3) is 7.31. The molecule has 1 aromatic carbocycles. The van der Waals surface area contributed by atoms with Crippen molar-refractivity contribution in [2.24, 2.45) is 11.7 Å². The van der Waals surface area contributed by atoms with Crippen LogP contribution in [0.1, 0.15) is 24.0 Å². The quantitative estimate of drug-likeness (QED) is 0.661. The van der Waals surface area contributed by atoms with Crippen molar-refractivity contribution >= 4 is 0 Å². The first-order chi connectivity index (χ1) is 9.26. The first kappa shape index (κ1) is 16.2. The molecule has 1 aromatic rings. The van der Waals surface area contributed by atoms with Crippen LogP contribution in [0.5, 0.6) is 0 Å². The van der Waals surface area contributed by atoms with Gasteiger partial charge >= 0.3 is 0 Å². The van der Waals surface area contributed by atoms with E-state index in [4.69, 9.17) is 15.2 Å². The van der Waals surface area contributed by atoms with E-state index in [9.17, 15) is 0 Å². The van der Waals surface area contributed by atoms with Crippen LogP contribution >= 0.6 is 0 Å². The summed E-state index contributed by atoms with van der Waals surface area (Å²) in [5.41, 5.74) is 8.53. The van der Waals surface area contributed by atoms with Crippen LogP contribution in [0.15, 0.2) is 24.3 Å². The van der Waals surface area contributed by atoms with E-state index in [1.165, 1.54) is 11.1 Å². The minimum absolute atomic E-state index is 0.550. The molecule has 1 rings (SSSR count). The second-order valence-electron chi connectivity index (χ2n) is 5.04. The molecule has 1 atom stereocenters. The van der Waals surface area contributed by atoms with Crippen molar-refractivity contribution in [2.75, 3.05) is 33.5 Å². The summed E-state index contributed by atoms with van der Waals surface area (Å²) in [4.78, 5) is 0. The lowest BCUT2D eigenvalue weighted by Crippen LogP contribution is -2.17. The molecule has 3 nitrogen and oxygen atoms in total. The highest BCUT2D eigenvalue weighted by Gasteiger charge is 2.07. The number of aryl methyl sites for hydroxylation is 1. The smallest absolute Gasteiger partial charge is 0.0700 e. The lowest BCUT2D eigenvalue weighted by Gasteiger charge is -2.15. The Kier molecular flexibility index (Phi) is 8.47. The van der Waals surface area contributed by atoms with Crippen molar-refractivity contribution in [3.8, 4) is 0 Å². The molecule has 0 heterocycles. The van der Waals surface area contributed by atoms with Gasteiger partial charge in [-0.25, -0.2) is 0 Å². The first-order valence-corrected chi connectivity index (χ1v) is 7.08. The Balaban J connectivity index is 2.20. The Bertz CT molecular complexity index is 324. The molecular formula is C16H27NO2. The highest BCUT2D eigenvalue weighted by Crippen LogP contribution is 2.14. The second kappa shape index (κ2) is 9.96. The molecule has 1 unspecified atom stereocenters. The molecule has 2 N–H and O–H groups in total. The lowest BCUT2D eigenvalue weighted by atomic mass is 9.94. The van der Waals surface area contributed by atoms with E-state index in [0.717, 1.165) is 32.4 Å². The van der Waals surface area contributed by atoms with E-state index >= 15 is 0 Å². The van der Waals surface area contributed by atoms with Gasteiger partial charge in [0, 0.05) is 13.7 Å². The Hall–Kier alpha value is -0.900. The molecule has 0 bridgehead atoms. The van der Waals surface area contributed by atoms with Gasteiger partial charge in [0.15, 0.2) is 0 Å². The minimum Gasteiger partial charge on any atom is -0.382 e.